The summed E-state index contributed by atoms with van der Waals surface area (Å²) in [6.45, 7) is 6.64. The van der Waals surface area contributed by atoms with Crippen LogP contribution in [-0.4, -0.2) is 55.6 Å². The minimum Gasteiger partial charge on any atom is -0.338 e. The lowest BCUT2D eigenvalue weighted by atomic mass is 10.1. The molecule has 0 radical (unpaired) electrons. The van der Waals surface area contributed by atoms with E-state index in [4.69, 9.17) is 0 Å². The average Bonchev–Trinajstić information content (AvgIpc) is 3.00. The number of hydrogen-bond donors (Lipinski definition) is 2. The van der Waals surface area contributed by atoms with Gasteiger partial charge in [-0.3, -0.25) is 4.79 Å². The molecule has 0 spiro atoms. The van der Waals surface area contributed by atoms with E-state index >= 15 is 0 Å². The fraction of sp³-hybridized carbons (Fsp3) is 0.600. The van der Waals surface area contributed by atoms with E-state index in [9.17, 15) is 9.59 Å². The zero-order chi connectivity index (χ0) is 18.4. The molecule has 0 aliphatic carbocycles. The van der Waals surface area contributed by atoms with E-state index in [2.05, 4.69) is 15.5 Å². The van der Waals surface area contributed by atoms with Crippen molar-refractivity contribution in [3.05, 3.63) is 29.8 Å². The number of aryl methyl sites for hydroxylation is 1. The van der Waals surface area contributed by atoms with Crippen LogP contribution in [0.3, 0.4) is 0 Å². The Morgan fingerprint density at radius 1 is 1.15 bits per heavy atom. The molecule has 6 heteroatoms. The fourth-order valence-corrected chi connectivity index (χ4v) is 3.70. The summed E-state index contributed by atoms with van der Waals surface area (Å²) < 4.78 is 0. The highest BCUT2D eigenvalue weighted by Crippen LogP contribution is 2.21. The largest absolute Gasteiger partial charge is 0.338 e. The Kier molecular flexibility index (Phi) is 6.50. The molecule has 1 atom stereocenters. The first-order valence-corrected chi connectivity index (χ1v) is 9.75. The molecule has 2 fully saturated rings. The van der Waals surface area contributed by atoms with E-state index in [-0.39, 0.29) is 18.0 Å². The third-order valence-electron chi connectivity index (χ3n) is 5.19. The summed E-state index contributed by atoms with van der Waals surface area (Å²) in [6, 6.07) is 7.60. The molecule has 6 nitrogen and oxygen atoms in total. The molecule has 1 aromatic rings. The van der Waals surface area contributed by atoms with Crippen molar-refractivity contribution in [2.24, 2.45) is 0 Å². The van der Waals surface area contributed by atoms with Gasteiger partial charge in [0.1, 0.15) is 0 Å². The van der Waals surface area contributed by atoms with Crippen LogP contribution in [0.4, 0.5) is 10.5 Å². The zero-order valence-electron chi connectivity index (χ0n) is 15.7. The number of nitrogens with zero attached hydrogens (tertiary/aromatic N) is 2. The second kappa shape index (κ2) is 9.03. The van der Waals surface area contributed by atoms with Gasteiger partial charge >= 0.3 is 6.03 Å². The molecule has 0 bridgehead atoms. The second-order valence-electron chi connectivity index (χ2n) is 7.40. The number of piperidine rings is 1. The highest BCUT2D eigenvalue weighted by Gasteiger charge is 2.31. The first-order valence-electron chi connectivity index (χ1n) is 9.75. The summed E-state index contributed by atoms with van der Waals surface area (Å²) in [5, 5.41) is 5.85. The maximum absolute atomic E-state index is 12.2. The summed E-state index contributed by atoms with van der Waals surface area (Å²) in [5.41, 5.74) is 2.06. The number of carbonyl (C=O) groups excluding carboxylic acids is 2. The number of anilines is 1. The second-order valence-corrected chi connectivity index (χ2v) is 7.40. The van der Waals surface area contributed by atoms with Crippen LogP contribution in [0.15, 0.2) is 24.3 Å². The van der Waals surface area contributed by atoms with Crippen molar-refractivity contribution in [1.82, 2.24) is 15.5 Å². The average molecular weight is 358 g/mol. The standard InChI is InChI=1S/C20H30N4O2/c1-16-6-8-18(9-7-16)24-15-17(14-19(24)25)22-20(26)21-10-5-13-23-11-3-2-4-12-23/h6-9,17H,2-5,10-15H2,1H3,(H2,21,22,26). The molecule has 0 saturated carbocycles. The molecular weight excluding hydrogens is 328 g/mol. The lowest BCUT2D eigenvalue weighted by Crippen LogP contribution is -2.44. The van der Waals surface area contributed by atoms with Gasteiger partial charge in [0.15, 0.2) is 0 Å². The minimum atomic E-state index is -0.174. The van der Waals surface area contributed by atoms with Gasteiger partial charge < -0.3 is 20.4 Å². The summed E-state index contributed by atoms with van der Waals surface area (Å²) in [5.74, 6) is 0.0595. The Morgan fingerprint density at radius 3 is 2.62 bits per heavy atom. The minimum absolute atomic E-state index is 0.0595. The van der Waals surface area contributed by atoms with Gasteiger partial charge in [0, 0.05) is 25.2 Å². The highest BCUT2D eigenvalue weighted by atomic mass is 16.2. The van der Waals surface area contributed by atoms with Crippen molar-refractivity contribution in [2.45, 2.75) is 45.1 Å². The Balaban J connectivity index is 1.36. The summed E-state index contributed by atoms with van der Waals surface area (Å²) >= 11 is 0. The summed E-state index contributed by atoms with van der Waals surface area (Å²) in [7, 11) is 0. The van der Waals surface area contributed by atoms with E-state index in [1.807, 2.05) is 31.2 Å². The molecule has 2 aliphatic rings. The number of benzene rings is 1. The predicted molar refractivity (Wildman–Crippen MR) is 103 cm³/mol. The molecule has 1 aromatic carbocycles. The number of amides is 3. The van der Waals surface area contributed by atoms with Crippen LogP contribution in [0, 0.1) is 6.92 Å². The van der Waals surface area contributed by atoms with E-state index < -0.39 is 0 Å². The lowest BCUT2D eigenvalue weighted by Gasteiger charge is -2.26. The van der Waals surface area contributed by atoms with Gasteiger partial charge in [0.25, 0.3) is 0 Å². The molecule has 3 amide bonds. The van der Waals surface area contributed by atoms with Crippen LogP contribution in [-0.2, 0) is 4.79 Å². The Labute approximate surface area is 155 Å². The van der Waals surface area contributed by atoms with Gasteiger partial charge in [-0.05, 0) is 58.0 Å². The fourth-order valence-electron chi connectivity index (χ4n) is 3.70. The maximum Gasteiger partial charge on any atom is 0.315 e. The van der Waals surface area contributed by atoms with Crippen molar-refractivity contribution in [3.8, 4) is 0 Å². The Bertz CT molecular complexity index is 611. The monoisotopic (exact) mass is 358 g/mol. The topological polar surface area (TPSA) is 64.7 Å². The molecule has 2 heterocycles. The van der Waals surface area contributed by atoms with Gasteiger partial charge in [0.2, 0.25) is 5.91 Å². The van der Waals surface area contributed by atoms with Crippen LogP contribution < -0.4 is 15.5 Å². The van der Waals surface area contributed by atoms with Crippen LogP contribution in [0.2, 0.25) is 0 Å². The van der Waals surface area contributed by atoms with Crippen LogP contribution in [0.1, 0.15) is 37.7 Å². The first-order chi connectivity index (χ1) is 12.6. The van der Waals surface area contributed by atoms with Crippen LogP contribution in [0.5, 0.6) is 0 Å². The van der Waals surface area contributed by atoms with Gasteiger partial charge in [-0.25, -0.2) is 4.79 Å². The van der Waals surface area contributed by atoms with Crippen molar-refractivity contribution in [1.29, 1.82) is 0 Å². The highest BCUT2D eigenvalue weighted by molar-refractivity contribution is 5.96. The van der Waals surface area contributed by atoms with Crippen LogP contribution >= 0.6 is 0 Å². The van der Waals surface area contributed by atoms with Gasteiger partial charge in [-0.1, -0.05) is 24.1 Å². The summed E-state index contributed by atoms with van der Waals surface area (Å²) in [6.07, 6.45) is 5.25. The van der Waals surface area contributed by atoms with Gasteiger partial charge in [-0.2, -0.15) is 0 Å². The molecule has 2 saturated heterocycles. The van der Waals surface area contributed by atoms with Gasteiger partial charge in [-0.15, -0.1) is 0 Å². The Morgan fingerprint density at radius 2 is 1.88 bits per heavy atom. The SMILES string of the molecule is Cc1ccc(N2CC(NC(=O)NCCCN3CCCCC3)CC2=O)cc1. The number of urea groups is 1. The quantitative estimate of drug-likeness (QED) is 0.767. The van der Waals surface area contributed by atoms with E-state index in [0.29, 0.717) is 19.5 Å². The van der Waals surface area contributed by atoms with Crippen molar-refractivity contribution in [3.63, 3.8) is 0 Å². The Hall–Kier alpha value is -2.08. The molecule has 2 aliphatic heterocycles. The predicted octanol–water partition coefficient (Wildman–Crippen LogP) is 2.28. The molecule has 2 N–H and O–H groups in total. The van der Waals surface area contributed by atoms with E-state index in [1.54, 1.807) is 4.90 Å². The number of rotatable bonds is 6. The van der Waals surface area contributed by atoms with Gasteiger partial charge in [0.05, 0.1) is 6.04 Å². The third-order valence-corrected chi connectivity index (χ3v) is 5.19. The van der Waals surface area contributed by atoms with Crippen molar-refractivity contribution < 1.29 is 9.59 Å². The molecule has 142 valence electrons. The number of likely N-dealkylation sites (tertiary alicyclic amines) is 1. The van der Waals surface area contributed by atoms with Crippen LogP contribution in [0.25, 0.3) is 0 Å². The summed E-state index contributed by atoms with van der Waals surface area (Å²) in [4.78, 5) is 28.5. The van der Waals surface area contributed by atoms with E-state index in [0.717, 1.165) is 18.7 Å². The normalized spacial score (nSPS) is 21.0. The molecule has 3 rings (SSSR count). The third kappa shape index (κ3) is 5.21. The van der Waals surface area contributed by atoms with E-state index in [1.165, 1.54) is 37.9 Å². The molecule has 1 unspecified atom stereocenters. The first kappa shape index (κ1) is 18.7. The lowest BCUT2D eigenvalue weighted by molar-refractivity contribution is -0.117. The van der Waals surface area contributed by atoms with Crippen molar-refractivity contribution in [2.75, 3.05) is 37.6 Å². The maximum atomic E-state index is 12.2. The smallest absolute Gasteiger partial charge is 0.315 e. The molecule has 26 heavy (non-hydrogen) atoms. The molecular formula is C20H30N4O2. The number of carbonyl (C=O) groups is 2. The van der Waals surface area contributed by atoms with Crippen molar-refractivity contribution >= 4 is 17.6 Å². The zero-order valence-corrected chi connectivity index (χ0v) is 15.7. The molecule has 0 aromatic heterocycles. The number of nitrogens with one attached hydrogen (secondary N) is 2. The number of hydrogen-bond acceptors (Lipinski definition) is 3.